The Morgan fingerprint density at radius 1 is 1.37 bits per heavy atom. The fraction of sp³-hybridized carbons (Fsp3) is 0.684. The molecular formula is C19H25F3N6OS. The van der Waals surface area contributed by atoms with Gasteiger partial charge in [-0.3, -0.25) is 4.79 Å². The first-order chi connectivity index (χ1) is 14.1. The van der Waals surface area contributed by atoms with E-state index in [9.17, 15) is 18.0 Å². The predicted molar refractivity (Wildman–Crippen MR) is 107 cm³/mol. The predicted octanol–water partition coefficient (Wildman–Crippen LogP) is 4.01. The van der Waals surface area contributed by atoms with Crippen LogP contribution in [0.2, 0.25) is 0 Å². The van der Waals surface area contributed by atoms with E-state index < -0.39 is 12.2 Å². The number of amides is 1. The number of anilines is 1. The van der Waals surface area contributed by atoms with Crippen LogP contribution >= 0.6 is 11.5 Å². The van der Waals surface area contributed by atoms with E-state index in [0.717, 1.165) is 29.1 Å². The van der Waals surface area contributed by atoms with Gasteiger partial charge in [0.2, 0.25) is 0 Å². The highest BCUT2D eigenvalue weighted by Crippen LogP contribution is 2.42. The molecule has 0 radical (unpaired) electrons. The minimum atomic E-state index is -4.36. The van der Waals surface area contributed by atoms with Crippen LogP contribution in [-0.2, 0) is 0 Å². The van der Waals surface area contributed by atoms with Crippen molar-refractivity contribution in [2.75, 3.05) is 18.4 Å². The highest BCUT2D eigenvalue weighted by molar-refractivity contribution is 7.07. The number of piperidine rings is 1. The Hall–Kier alpha value is -2.17. The maximum absolute atomic E-state index is 13.7. The van der Waals surface area contributed by atoms with Gasteiger partial charge in [-0.25, -0.2) is 4.68 Å². The molecule has 0 saturated carbocycles. The minimum Gasteiger partial charge on any atom is -0.367 e. The van der Waals surface area contributed by atoms with E-state index >= 15 is 0 Å². The number of nitrogens with one attached hydrogen (secondary N) is 1. The largest absolute Gasteiger partial charge is 0.410 e. The highest BCUT2D eigenvalue weighted by Gasteiger charge is 2.47. The zero-order valence-corrected chi connectivity index (χ0v) is 17.9. The number of halogens is 3. The second-order valence-electron chi connectivity index (χ2n) is 8.46. The number of rotatable bonds is 3. The third-order valence-electron chi connectivity index (χ3n) is 6.02. The van der Waals surface area contributed by atoms with Crippen LogP contribution in [0.15, 0.2) is 6.07 Å². The molecule has 0 unspecified atom stereocenters. The molecular weight excluding hydrogens is 417 g/mol. The van der Waals surface area contributed by atoms with Gasteiger partial charge in [0, 0.05) is 31.1 Å². The van der Waals surface area contributed by atoms with Crippen LogP contribution in [0.4, 0.5) is 19.0 Å². The van der Waals surface area contributed by atoms with Crippen molar-refractivity contribution in [3.05, 3.63) is 22.3 Å². The van der Waals surface area contributed by atoms with Crippen LogP contribution in [0.1, 0.15) is 66.1 Å². The second kappa shape index (κ2) is 7.82. The number of alkyl halides is 3. The lowest BCUT2D eigenvalue weighted by molar-refractivity contribution is -0.174. The minimum absolute atomic E-state index is 0.0395. The van der Waals surface area contributed by atoms with Crippen molar-refractivity contribution in [1.29, 1.82) is 0 Å². The molecule has 2 aromatic rings. The lowest BCUT2D eigenvalue weighted by atomic mass is 9.93. The molecule has 0 bridgehead atoms. The third-order valence-corrected chi connectivity index (χ3v) is 6.83. The number of likely N-dealkylation sites (tertiary alicyclic amines) is 1. The molecule has 2 aliphatic rings. The van der Waals surface area contributed by atoms with Crippen LogP contribution in [-0.4, -0.2) is 55.5 Å². The molecule has 11 heteroatoms. The number of carbonyl (C=O) groups is 1. The van der Waals surface area contributed by atoms with Crippen LogP contribution in [0.25, 0.3) is 0 Å². The Morgan fingerprint density at radius 3 is 2.77 bits per heavy atom. The van der Waals surface area contributed by atoms with Crippen LogP contribution in [0.5, 0.6) is 0 Å². The lowest BCUT2D eigenvalue weighted by Crippen LogP contribution is -2.41. The molecule has 30 heavy (non-hydrogen) atoms. The quantitative estimate of drug-likeness (QED) is 0.778. The number of hydrogen-bond acceptors (Lipinski definition) is 6. The summed E-state index contributed by atoms with van der Waals surface area (Å²) in [5.41, 5.74) is 1.20. The molecule has 2 aliphatic heterocycles. The Bertz CT molecular complexity index is 924. The summed E-state index contributed by atoms with van der Waals surface area (Å²) < 4.78 is 46.1. The van der Waals surface area contributed by atoms with Crippen molar-refractivity contribution in [3.8, 4) is 0 Å². The maximum Gasteiger partial charge on any atom is 0.410 e. The molecule has 4 heterocycles. The normalized spacial score (nSPS) is 24.6. The molecule has 2 aromatic heterocycles. The van der Waals surface area contributed by atoms with Crippen molar-refractivity contribution < 1.29 is 18.0 Å². The van der Waals surface area contributed by atoms with Crippen molar-refractivity contribution in [3.63, 3.8) is 0 Å². The zero-order valence-electron chi connectivity index (χ0n) is 17.1. The molecule has 164 valence electrons. The molecule has 1 saturated heterocycles. The molecule has 0 aliphatic carbocycles. The zero-order chi connectivity index (χ0) is 21.6. The number of carbonyl (C=O) groups excluding carboxylic acids is 1. The summed E-state index contributed by atoms with van der Waals surface area (Å²) in [4.78, 5) is 15.1. The van der Waals surface area contributed by atoms with E-state index in [0.29, 0.717) is 35.2 Å². The lowest BCUT2D eigenvalue weighted by Gasteiger charge is -2.35. The van der Waals surface area contributed by atoms with Gasteiger partial charge < -0.3 is 10.2 Å². The number of hydrogen-bond donors (Lipinski definition) is 1. The second-order valence-corrected chi connectivity index (χ2v) is 9.22. The summed E-state index contributed by atoms with van der Waals surface area (Å²) in [5, 5.41) is 11.5. The summed E-state index contributed by atoms with van der Waals surface area (Å²) in [5.74, 6) is 0.252. The molecule has 0 spiro atoms. The van der Waals surface area contributed by atoms with Gasteiger partial charge in [0.1, 0.15) is 10.7 Å². The Kier molecular flexibility index (Phi) is 5.50. The molecule has 7 nitrogen and oxygen atoms in total. The molecule has 1 fully saturated rings. The Balaban J connectivity index is 1.58. The fourth-order valence-corrected chi connectivity index (χ4v) is 4.86. The maximum atomic E-state index is 13.7. The van der Waals surface area contributed by atoms with E-state index in [4.69, 9.17) is 0 Å². The van der Waals surface area contributed by atoms with Crippen molar-refractivity contribution in [2.45, 2.75) is 64.2 Å². The molecule has 1 amide bonds. The standard InChI is InChI=1S/C19H25F3N6OS/c1-10(2)13-7-15(19(20,21)22)28-16(23-13)8-14(25-28)12-5-4-6-27(9-12)18(29)17-11(3)24-26-30-17/h8,10,12-13,15,23H,4-7,9H2,1-3H3/t12-,13-,15+/m0/s1. The van der Waals surface area contributed by atoms with Crippen LogP contribution in [0.3, 0.4) is 0 Å². The highest BCUT2D eigenvalue weighted by atomic mass is 32.1. The van der Waals surface area contributed by atoms with Gasteiger partial charge in [-0.15, -0.1) is 5.10 Å². The fourth-order valence-electron chi connectivity index (χ4n) is 4.23. The van der Waals surface area contributed by atoms with Gasteiger partial charge in [-0.05, 0) is 43.6 Å². The smallest absolute Gasteiger partial charge is 0.367 e. The average molecular weight is 443 g/mol. The van der Waals surface area contributed by atoms with E-state index in [1.54, 1.807) is 17.9 Å². The third kappa shape index (κ3) is 3.91. The summed E-state index contributed by atoms with van der Waals surface area (Å²) in [6.45, 7) is 6.61. The van der Waals surface area contributed by atoms with Gasteiger partial charge in [0.05, 0.1) is 11.4 Å². The van der Waals surface area contributed by atoms with Crippen molar-refractivity contribution in [2.24, 2.45) is 5.92 Å². The average Bonchev–Trinajstić information content (AvgIpc) is 3.31. The first-order valence-corrected chi connectivity index (χ1v) is 10.9. The number of nitrogens with zero attached hydrogens (tertiary/aromatic N) is 5. The number of fused-ring (bicyclic) bond motifs is 1. The van der Waals surface area contributed by atoms with Crippen molar-refractivity contribution >= 4 is 23.3 Å². The number of aromatic nitrogens is 4. The summed E-state index contributed by atoms with van der Waals surface area (Å²) in [7, 11) is 0. The molecule has 0 aromatic carbocycles. The van der Waals surface area contributed by atoms with Gasteiger partial charge >= 0.3 is 6.18 Å². The van der Waals surface area contributed by atoms with E-state index in [1.807, 2.05) is 13.8 Å². The molecule has 1 N–H and O–H groups in total. The SMILES string of the molecule is Cc1nnsc1C(=O)N1CCC[C@H](c2cc3n(n2)[C@@H](C(F)(F)F)C[C@@H](C(C)C)N3)C1. The van der Waals surface area contributed by atoms with Gasteiger partial charge in [-0.2, -0.15) is 18.3 Å². The Labute approximate surface area is 176 Å². The first kappa shape index (κ1) is 21.1. The van der Waals surface area contributed by atoms with E-state index in [-0.39, 0.29) is 30.2 Å². The van der Waals surface area contributed by atoms with E-state index in [1.165, 1.54) is 0 Å². The van der Waals surface area contributed by atoms with Crippen molar-refractivity contribution in [1.82, 2.24) is 24.3 Å². The molecule has 3 atom stereocenters. The monoisotopic (exact) mass is 442 g/mol. The summed E-state index contributed by atoms with van der Waals surface area (Å²) in [6.07, 6.45) is -2.85. The van der Waals surface area contributed by atoms with Crippen LogP contribution in [0, 0.1) is 12.8 Å². The van der Waals surface area contributed by atoms with Crippen LogP contribution < -0.4 is 5.32 Å². The topological polar surface area (TPSA) is 75.9 Å². The summed E-state index contributed by atoms with van der Waals surface area (Å²) >= 11 is 1.07. The van der Waals surface area contributed by atoms with Gasteiger partial charge in [0.15, 0.2) is 6.04 Å². The van der Waals surface area contributed by atoms with Gasteiger partial charge in [0.25, 0.3) is 5.91 Å². The Morgan fingerprint density at radius 2 is 2.13 bits per heavy atom. The number of aryl methyl sites for hydroxylation is 1. The van der Waals surface area contributed by atoms with Gasteiger partial charge in [-0.1, -0.05) is 18.3 Å². The molecule has 4 rings (SSSR count). The first-order valence-electron chi connectivity index (χ1n) is 10.2. The summed E-state index contributed by atoms with van der Waals surface area (Å²) in [6, 6.07) is -0.173. The van der Waals surface area contributed by atoms with E-state index in [2.05, 4.69) is 20.0 Å².